The van der Waals surface area contributed by atoms with Gasteiger partial charge in [0.1, 0.15) is 11.3 Å². The van der Waals surface area contributed by atoms with E-state index in [0.717, 1.165) is 6.20 Å². The Hall–Kier alpha value is -4.15. The molecule has 28 heavy (non-hydrogen) atoms. The van der Waals surface area contributed by atoms with Gasteiger partial charge in [-0.2, -0.15) is 9.49 Å². The van der Waals surface area contributed by atoms with Gasteiger partial charge in [-0.15, -0.1) is 5.10 Å². The van der Waals surface area contributed by atoms with E-state index >= 15 is 0 Å². The number of nitrogens with zero attached hydrogens (tertiary/aromatic N) is 6. The highest BCUT2D eigenvalue weighted by Crippen LogP contribution is 2.19. The van der Waals surface area contributed by atoms with Crippen molar-refractivity contribution in [3.05, 3.63) is 60.1 Å². The minimum atomic E-state index is -1.25. The summed E-state index contributed by atoms with van der Waals surface area (Å²) in [5.74, 6) is -2.22. The molecular weight excluding hydrogens is 369 g/mol. The van der Waals surface area contributed by atoms with Crippen LogP contribution in [0.25, 0.3) is 17.0 Å². The number of pyridine rings is 2. The van der Waals surface area contributed by atoms with Crippen LogP contribution in [0.5, 0.6) is 0 Å². The third-order valence-electron chi connectivity index (χ3n) is 3.96. The van der Waals surface area contributed by atoms with Gasteiger partial charge in [-0.3, -0.25) is 9.48 Å². The summed E-state index contributed by atoms with van der Waals surface area (Å²) in [5.41, 5.74) is 0.971. The Morgan fingerprint density at radius 1 is 1.25 bits per heavy atom. The van der Waals surface area contributed by atoms with Crippen LogP contribution in [0.15, 0.2) is 42.9 Å². The van der Waals surface area contributed by atoms with E-state index in [1.165, 1.54) is 28.5 Å². The number of fused-ring (bicyclic) bond motifs is 1. The van der Waals surface area contributed by atoms with Crippen molar-refractivity contribution in [2.24, 2.45) is 7.05 Å². The van der Waals surface area contributed by atoms with E-state index in [2.05, 4.69) is 25.5 Å². The zero-order chi connectivity index (χ0) is 19.8. The summed E-state index contributed by atoms with van der Waals surface area (Å²) in [5, 5.41) is 19.9. The Morgan fingerprint density at radius 3 is 2.82 bits per heavy atom. The molecule has 10 nitrogen and oxygen atoms in total. The molecule has 4 heterocycles. The molecule has 0 radical (unpaired) electrons. The molecule has 0 saturated carbocycles. The van der Waals surface area contributed by atoms with Crippen LogP contribution in [0.3, 0.4) is 0 Å². The molecule has 1 amide bonds. The van der Waals surface area contributed by atoms with Crippen LogP contribution in [0.4, 0.5) is 10.1 Å². The molecule has 0 aliphatic carbocycles. The maximum Gasteiger partial charge on any atom is 0.339 e. The smallest absolute Gasteiger partial charge is 0.339 e. The monoisotopic (exact) mass is 381 g/mol. The standard InChI is InChI=1S/C17H12FN7O3/c1-24-14(11(8-20-24)17(27)28)16(26)21-10-3-5-25-13(7-10)22-15(23-25)9-2-4-19-12(18)6-9/h2-8H,1H3,(H,21,26)(H,27,28). The molecule has 0 aromatic carbocycles. The van der Waals surface area contributed by atoms with Crippen molar-refractivity contribution in [1.29, 1.82) is 0 Å². The van der Waals surface area contributed by atoms with Gasteiger partial charge < -0.3 is 10.4 Å². The number of hydrogen-bond donors (Lipinski definition) is 2. The molecule has 0 aliphatic heterocycles. The van der Waals surface area contributed by atoms with Crippen LogP contribution in [-0.4, -0.2) is 46.3 Å². The molecule has 4 aromatic heterocycles. The van der Waals surface area contributed by atoms with Crippen molar-refractivity contribution < 1.29 is 19.1 Å². The fourth-order valence-electron chi connectivity index (χ4n) is 2.68. The van der Waals surface area contributed by atoms with Crippen LogP contribution in [0, 0.1) is 5.95 Å². The molecule has 0 fully saturated rings. The van der Waals surface area contributed by atoms with Crippen LogP contribution < -0.4 is 5.32 Å². The molecule has 0 atom stereocenters. The van der Waals surface area contributed by atoms with Crippen LogP contribution in [0.2, 0.25) is 0 Å². The van der Waals surface area contributed by atoms with Gasteiger partial charge in [-0.1, -0.05) is 0 Å². The lowest BCUT2D eigenvalue weighted by Crippen LogP contribution is -2.19. The molecular formula is C17H12FN7O3. The number of carbonyl (C=O) groups is 2. The first-order valence-corrected chi connectivity index (χ1v) is 7.97. The minimum Gasteiger partial charge on any atom is -0.478 e. The average molecular weight is 381 g/mol. The van der Waals surface area contributed by atoms with Gasteiger partial charge in [0.25, 0.3) is 5.91 Å². The van der Waals surface area contributed by atoms with Crippen molar-refractivity contribution in [3.63, 3.8) is 0 Å². The van der Waals surface area contributed by atoms with E-state index < -0.39 is 17.8 Å². The number of aromatic nitrogens is 6. The van der Waals surface area contributed by atoms with E-state index in [1.807, 2.05) is 0 Å². The highest BCUT2D eigenvalue weighted by Gasteiger charge is 2.22. The third-order valence-corrected chi connectivity index (χ3v) is 3.96. The molecule has 0 bridgehead atoms. The highest BCUT2D eigenvalue weighted by molar-refractivity contribution is 6.09. The van der Waals surface area contributed by atoms with Gasteiger partial charge in [0.15, 0.2) is 11.5 Å². The maximum atomic E-state index is 13.3. The number of aromatic carboxylic acids is 1. The number of aryl methyl sites for hydroxylation is 1. The summed E-state index contributed by atoms with van der Waals surface area (Å²) in [6, 6.07) is 5.93. The lowest BCUT2D eigenvalue weighted by Gasteiger charge is -2.06. The normalized spacial score (nSPS) is 10.9. The Bertz CT molecular complexity index is 1230. The van der Waals surface area contributed by atoms with Crippen molar-refractivity contribution in [2.75, 3.05) is 5.32 Å². The zero-order valence-corrected chi connectivity index (χ0v) is 14.4. The Labute approximate surface area is 156 Å². The van der Waals surface area contributed by atoms with Gasteiger partial charge in [0, 0.05) is 42.8 Å². The number of hydrogen-bond acceptors (Lipinski definition) is 6. The number of carboxylic acids is 1. The quantitative estimate of drug-likeness (QED) is 0.514. The number of carbonyl (C=O) groups excluding carboxylic acids is 1. The van der Waals surface area contributed by atoms with Crippen LogP contribution >= 0.6 is 0 Å². The van der Waals surface area contributed by atoms with Crippen molar-refractivity contribution >= 4 is 23.2 Å². The molecule has 4 aromatic rings. The van der Waals surface area contributed by atoms with Gasteiger partial charge >= 0.3 is 5.97 Å². The first-order chi connectivity index (χ1) is 13.4. The van der Waals surface area contributed by atoms with Gasteiger partial charge in [-0.05, 0) is 12.1 Å². The van der Waals surface area contributed by atoms with E-state index in [9.17, 15) is 19.1 Å². The fourth-order valence-corrected chi connectivity index (χ4v) is 2.68. The second-order valence-electron chi connectivity index (χ2n) is 5.81. The minimum absolute atomic E-state index is 0.0817. The summed E-state index contributed by atoms with van der Waals surface area (Å²) >= 11 is 0. The molecule has 4 rings (SSSR count). The number of nitrogens with one attached hydrogen (secondary N) is 1. The molecule has 11 heteroatoms. The predicted molar refractivity (Wildman–Crippen MR) is 94.3 cm³/mol. The SMILES string of the molecule is Cn1ncc(C(=O)O)c1C(=O)Nc1ccn2nc(-c3ccnc(F)c3)nc2c1. The third kappa shape index (κ3) is 3.05. The summed E-state index contributed by atoms with van der Waals surface area (Å²) in [6.45, 7) is 0. The van der Waals surface area contributed by atoms with E-state index in [1.54, 1.807) is 24.4 Å². The van der Waals surface area contributed by atoms with Crippen LogP contribution in [-0.2, 0) is 7.05 Å². The molecule has 2 N–H and O–H groups in total. The van der Waals surface area contributed by atoms with Crippen LogP contribution in [0.1, 0.15) is 20.8 Å². The number of carboxylic acid groups (broad SMARTS) is 1. The Balaban J connectivity index is 1.64. The van der Waals surface area contributed by atoms with Gasteiger partial charge in [-0.25, -0.2) is 19.3 Å². The predicted octanol–water partition coefficient (Wildman–Crippen LogP) is 1.61. The number of halogens is 1. The largest absolute Gasteiger partial charge is 0.478 e. The molecule has 0 aliphatic rings. The first-order valence-electron chi connectivity index (χ1n) is 7.97. The van der Waals surface area contributed by atoms with E-state index in [4.69, 9.17) is 0 Å². The Kier molecular flexibility index (Phi) is 4.03. The number of rotatable bonds is 4. The second-order valence-corrected chi connectivity index (χ2v) is 5.81. The lowest BCUT2D eigenvalue weighted by molar-refractivity contribution is 0.0692. The van der Waals surface area contributed by atoms with Gasteiger partial charge in [0.05, 0.1) is 6.20 Å². The number of anilines is 1. The fraction of sp³-hybridized carbons (Fsp3) is 0.0588. The Morgan fingerprint density at radius 2 is 2.07 bits per heavy atom. The zero-order valence-electron chi connectivity index (χ0n) is 14.4. The van der Waals surface area contributed by atoms with Crippen molar-refractivity contribution in [1.82, 2.24) is 29.4 Å². The molecule has 0 unspecified atom stereocenters. The maximum absolute atomic E-state index is 13.3. The first kappa shape index (κ1) is 17.3. The molecule has 140 valence electrons. The van der Waals surface area contributed by atoms with Gasteiger partial charge in [0.2, 0.25) is 5.95 Å². The van der Waals surface area contributed by atoms with E-state index in [-0.39, 0.29) is 11.3 Å². The highest BCUT2D eigenvalue weighted by atomic mass is 19.1. The van der Waals surface area contributed by atoms with Crippen molar-refractivity contribution in [3.8, 4) is 11.4 Å². The average Bonchev–Trinajstić information content (AvgIpc) is 3.25. The molecule has 0 spiro atoms. The number of amides is 1. The molecule has 0 saturated heterocycles. The summed E-state index contributed by atoms with van der Waals surface area (Å²) < 4.78 is 16.0. The summed E-state index contributed by atoms with van der Waals surface area (Å²) in [6.07, 6.45) is 4.00. The van der Waals surface area contributed by atoms with E-state index in [0.29, 0.717) is 22.7 Å². The summed E-state index contributed by atoms with van der Waals surface area (Å²) in [4.78, 5) is 31.5. The van der Waals surface area contributed by atoms with Crippen molar-refractivity contribution in [2.45, 2.75) is 0 Å². The second kappa shape index (κ2) is 6.54. The topological polar surface area (TPSA) is 127 Å². The summed E-state index contributed by atoms with van der Waals surface area (Å²) in [7, 11) is 1.48. The lowest BCUT2D eigenvalue weighted by atomic mass is 10.2.